The van der Waals surface area contributed by atoms with Crippen LogP contribution in [0.1, 0.15) is 20.7 Å². The zero-order valence-electron chi connectivity index (χ0n) is 18.1. The number of hydrogen-bond donors (Lipinski definition) is 1. The molecule has 1 aromatic heterocycles. The minimum atomic E-state index is -0.646. The van der Waals surface area contributed by atoms with E-state index in [9.17, 15) is 14.4 Å². The molecule has 3 aromatic rings. The molecule has 170 valence electrons. The van der Waals surface area contributed by atoms with Crippen molar-refractivity contribution < 1.29 is 23.9 Å². The monoisotopic (exact) mass is 466 g/mol. The molecular weight excluding hydrogens is 444 g/mol. The molecule has 0 unspecified atom stereocenters. The number of anilines is 1. The average Bonchev–Trinajstić information content (AvgIpc) is 3.25. The standard InChI is InChI=1S/C23H22N4O5S/c1-4-12-27-20(15-8-6-5-7-9-15)25-26-23(27)33-14-19(28)24-18-13-16(21(29)31-2)10-11-17(18)22(30)32-3/h4-11,13H,1,12,14H2,2-3H3,(H,24,28). The Kier molecular flexibility index (Phi) is 7.98. The summed E-state index contributed by atoms with van der Waals surface area (Å²) in [5.41, 5.74) is 1.34. The number of methoxy groups -OCH3 is 2. The van der Waals surface area contributed by atoms with Gasteiger partial charge < -0.3 is 14.8 Å². The molecule has 0 bridgehead atoms. The lowest BCUT2D eigenvalue weighted by molar-refractivity contribution is -0.113. The van der Waals surface area contributed by atoms with Gasteiger partial charge >= 0.3 is 11.9 Å². The number of esters is 2. The van der Waals surface area contributed by atoms with E-state index in [4.69, 9.17) is 9.47 Å². The van der Waals surface area contributed by atoms with E-state index >= 15 is 0 Å². The predicted octanol–water partition coefficient (Wildman–Crippen LogP) is 3.44. The van der Waals surface area contributed by atoms with E-state index in [2.05, 4.69) is 22.1 Å². The van der Waals surface area contributed by atoms with Crippen molar-refractivity contribution in [3.63, 3.8) is 0 Å². The fourth-order valence-corrected chi connectivity index (χ4v) is 3.73. The molecule has 0 aliphatic rings. The number of aromatic nitrogens is 3. The van der Waals surface area contributed by atoms with Crippen molar-refractivity contribution in [2.45, 2.75) is 11.7 Å². The van der Waals surface area contributed by atoms with Crippen LogP contribution in [0.2, 0.25) is 0 Å². The highest BCUT2D eigenvalue weighted by Crippen LogP contribution is 2.25. The van der Waals surface area contributed by atoms with Gasteiger partial charge in [0.05, 0.1) is 36.8 Å². The topological polar surface area (TPSA) is 112 Å². The molecule has 2 aromatic carbocycles. The Morgan fingerprint density at radius 2 is 1.79 bits per heavy atom. The molecule has 0 spiro atoms. The maximum absolute atomic E-state index is 12.7. The lowest BCUT2D eigenvalue weighted by atomic mass is 10.1. The van der Waals surface area contributed by atoms with Crippen molar-refractivity contribution >= 4 is 35.3 Å². The first-order valence-electron chi connectivity index (χ1n) is 9.81. The number of rotatable bonds is 9. The van der Waals surface area contributed by atoms with E-state index in [1.54, 1.807) is 6.08 Å². The second kappa shape index (κ2) is 11.1. The predicted molar refractivity (Wildman–Crippen MR) is 124 cm³/mol. The number of allylic oxidation sites excluding steroid dienone is 1. The molecule has 1 heterocycles. The van der Waals surface area contributed by atoms with Crippen molar-refractivity contribution in [1.29, 1.82) is 0 Å². The molecule has 0 aliphatic carbocycles. The van der Waals surface area contributed by atoms with Crippen LogP contribution in [0.25, 0.3) is 11.4 Å². The summed E-state index contributed by atoms with van der Waals surface area (Å²) in [5.74, 6) is -0.985. The second-order valence-electron chi connectivity index (χ2n) is 6.65. The van der Waals surface area contributed by atoms with Gasteiger partial charge in [0.2, 0.25) is 5.91 Å². The SMILES string of the molecule is C=CCn1c(SCC(=O)Nc2cc(C(=O)OC)ccc2C(=O)OC)nnc1-c1ccccc1. The Balaban J connectivity index is 1.78. The van der Waals surface area contributed by atoms with Crippen molar-refractivity contribution in [3.8, 4) is 11.4 Å². The Bertz CT molecular complexity index is 1180. The summed E-state index contributed by atoms with van der Waals surface area (Å²) in [6, 6.07) is 13.8. The molecule has 1 N–H and O–H groups in total. The minimum Gasteiger partial charge on any atom is -0.465 e. The van der Waals surface area contributed by atoms with Gasteiger partial charge in [0.25, 0.3) is 0 Å². The highest BCUT2D eigenvalue weighted by atomic mass is 32.2. The highest BCUT2D eigenvalue weighted by Gasteiger charge is 2.19. The van der Waals surface area contributed by atoms with Gasteiger partial charge in [0, 0.05) is 12.1 Å². The van der Waals surface area contributed by atoms with Crippen LogP contribution >= 0.6 is 11.8 Å². The smallest absolute Gasteiger partial charge is 0.339 e. The van der Waals surface area contributed by atoms with Gasteiger partial charge in [-0.3, -0.25) is 9.36 Å². The fourth-order valence-electron chi connectivity index (χ4n) is 2.99. The van der Waals surface area contributed by atoms with E-state index in [1.807, 2.05) is 34.9 Å². The van der Waals surface area contributed by atoms with Crippen molar-refractivity contribution in [3.05, 3.63) is 72.3 Å². The summed E-state index contributed by atoms with van der Waals surface area (Å²) in [6.45, 7) is 4.25. The number of nitrogens with zero attached hydrogens (tertiary/aromatic N) is 3. The summed E-state index contributed by atoms with van der Waals surface area (Å²) >= 11 is 1.19. The summed E-state index contributed by atoms with van der Waals surface area (Å²) in [5, 5.41) is 11.7. The first-order valence-corrected chi connectivity index (χ1v) is 10.8. The number of amides is 1. The first kappa shape index (κ1) is 23.7. The minimum absolute atomic E-state index is 0.00682. The Labute approximate surface area is 194 Å². The fraction of sp³-hybridized carbons (Fsp3) is 0.174. The van der Waals surface area contributed by atoms with Crippen LogP contribution in [-0.2, 0) is 20.8 Å². The number of carbonyl (C=O) groups excluding carboxylic acids is 3. The quantitative estimate of drug-likeness (QED) is 0.290. The van der Waals surface area contributed by atoms with Crippen molar-refractivity contribution in [1.82, 2.24) is 14.8 Å². The number of ether oxygens (including phenoxy) is 2. The lowest BCUT2D eigenvalue weighted by Gasteiger charge is -2.12. The number of nitrogens with one attached hydrogen (secondary N) is 1. The first-order chi connectivity index (χ1) is 16.0. The van der Waals surface area contributed by atoms with E-state index in [0.717, 1.165) is 5.56 Å². The normalized spacial score (nSPS) is 10.4. The molecule has 33 heavy (non-hydrogen) atoms. The molecule has 0 saturated heterocycles. The molecular formula is C23H22N4O5S. The molecule has 9 nitrogen and oxygen atoms in total. The Hall–Kier alpha value is -3.92. The van der Waals surface area contributed by atoms with Crippen LogP contribution in [0.5, 0.6) is 0 Å². The van der Waals surface area contributed by atoms with E-state index in [-0.39, 0.29) is 22.6 Å². The number of thioether (sulfide) groups is 1. The van der Waals surface area contributed by atoms with E-state index in [0.29, 0.717) is 17.5 Å². The Morgan fingerprint density at radius 1 is 1.06 bits per heavy atom. The van der Waals surface area contributed by atoms with Crippen LogP contribution in [-0.4, -0.2) is 52.6 Å². The van der Waals surface area contributed by atoms with Gasteiger partial charge in [-0.15, -0.1) is 16.8 Å². The van der Waals surface area contributed by atoms with Gasteiger partial charge in [-0.1, -0.05) is 48.2 Å². The maximum Gasteiger partial charge on any atom is 0.339 e. The summed E-state index contributed by atoms with van der Waals surface area (Å²) in [7, 11) is 2.48. The number of carbonyl (C=O) groups is 3. The molecule has 0 atom stereocenters. The molecule has 0 fully saturated rings. The summed E-state index contributed by atoms with van der Waals surface area (Å²) in [6.07, 6.45) is 1.72. The lowest BCUT2D eigenvalue weighted by Crippen LogP contribution is -2.18. The summed E-state index contributed by atoms with van der Waals surface area (Å²) < 4.78 is 11.3. The molecule has 0 saturated carbocycles. The average molecular weight is 467 g/mol. The maximum atomic E-state index is 12.7. The zero-order valence-corrected chi connectivity index (χ0v) is 18.9. The zero-order chi connectivity index (χ0) is 23.8. The third-order valence-corrected chi connectivity index (χ3v) is 5.48. The van der Waals surface area contributed by atoms with Crippen LogP contribution in [0.15, 0.2) is 66.3 Å². The van der Waals surface area contributed by atoms with E-state index in [1.165, 1.54) is 44.2 Å². The van der Waals surface area contributed by atoms with E-state index < -0.39 is 17.8 Å². The molecule has 10 heteroatoms. The highest BCUT2D eigenvalue weighted by molar-refractivity contribution is 7.99. The molecule has 1 amide bonds. The third kappa shape index (κ3) is 5.66. The number of benzene rings is 2. The van der Waals surface area contributed by atoms with Gasteiger partial charge in [-0.25, -0.2) is 9.59 Å². The number of hydrogen-bond acceptors (Lipinski definition) is 8. The summed E-state index contributed by atoms with van der Waals surface area (Å²) in [4.78, 5) is 36.6. The molecule has 0 aliphatic heterocycles. The molecule has 3 rings (SSSR count). The third-order valence-electron chi connectivity index (χ3n) is 4.51. The van der Waals surface area contributed by atoms with Crippen LogP contribution in [0, 0.1) is 0 Å². The van der Waals surface area contributed by atoms with Gasteiger partial charge in [0.15, 0.2) is 11.0 Å². The van der Waals surface area contributed by atoms with Gasteiger partial charge in [-0.2, -0.15) is 0 Å². The van der Waals surface area contributed by atoms with Crippen LogP contribution < -0.4 is 5.32 Å². The van der Waals surface area contributed by atoms with Gasteiger partial charge in [0.1, 0.15) is 0 Å². The molecule has 0 radical (unpaired) electrons. The van der Waals surface area contributed by atoms with Crippen LogP contribution in [0.3, 0.4) is 0 Å². The second-order valence-corrected chi connectivity index (χ2v) is 7.59. The Morgan fingerprint density at radius 3 is 2.45 bits per heavy atom. The van der Waals surface area contributed by atoms with Crippen molar-refractivity contribution in [2.24, 2.45) is 0 Å². The van der Waals surface area contributed by atoms with Gasteiger partial charge in [-0.05, 0) is 18.2 Å². The largest absolute Gasteiger partial charge is 0.465 e. The van der Waals surface area contributed by atoms with Crippen molar-refractivity contribution in [2.75, 3.05) is 25.3 Å². The van der Waals surface area contributed by atoms with Crippen LogP contribution in [0.4, 0.5) is 5.69 Å².